The van der Waals surface area contributed by atoms with Gasteiger partial charge in [0, 0.05) is 5.03 Å². The number of carbonyl (C=O) groups excluding carboxylic acids is 1. The highest BCUT2D eigenvalue weighted by molar-refractivity contribution is 9.10. The normalized spacial score (nSPS) is 36.6. The van der Waals surface area contributed by atoms with Crippen molar-refractivity contribution in [2.24, 2.45) is 5.92 Å². The second kappa shape index (κ2) is 3.11. The highest BCUT2D eigenvalue weighted by Crippen LogP contribution is 2.39. The van der Waals surface area contributed by atoms with E-state index < -0.39 is 4.32 Å². The lowest BCUT2D eigenvalue weighted by molar-refractivity contribution is 0.524. The SMILES string of the molecule is CC1(Br)C(Cl)=CC=CC1[C]=O. The van der Waals surface area contributed by atoms with E-state index in [2.05, 4.69) is 15.9 Å². The van der Waals surface area contributed by atoms with Crippen LogP contribution in [0.15, 0.2) is 23.3 Å². The molecule has 59 valence electrons. The summed E-state index contributed by atoms with van der Waals surface area (Å²) >= 11 is 9.24. The summed E-state index contributed by atoms with van der Waals surface area (Å²) in [5.41, 5.74) is 0. The van der Waals surface area contributed by atoms with Crippen molar-refractivity contribution in [1.29, 1.82) is 0 Å². The zero-order valence-corrected chi connectivity index (χ0v) is 8.32. The fourth-order valence-corrected chi connectivity index (χ4v) is 1.46. The monoisotopic (exact) mass is 233 g/mol. The number of alkyl halides is 1. The second-order valence-electron chi connectivity index (χ2n) is 2.57. The summed E-state index contributed by atoms with van der Waals surface area (Å²) in [6.07, 6.45) is 7.22. The van der Waals surface area contributed by atoms with Gasteiger partial charge >= 0.3 is 0 Å². The van der Waals surface area contributed by atoms with Crippen molar-refractivity contribution >= 4 is 33.8 Å². The average Bonchev–Trinajstić information content (AvgIpc) is 1.95. The average molecular weight is 234 g/mol. The van der Waals surface area contributed by atoms with Gasteiger partial charge in [-0.2, -0.15) is 0 Å². The third-order valence-electron chi connectivity index (χ3n) is 1.72. The van der Waals surface area contributed by atoms with E-state index in [-0.39, 0.29) is 5.92 Å². The lowest BCUT2D eigenvalue weighted by Gasteiger charge is -2.27. The minimum atomic E-state index is -0.467. The van der Waals surface area contributed by atoms with E-state index in [0.717, 1.165) is 0 Å². The molecule has 1 rings (SSSR count). The summed E-state index contributed by atoms with van der Waals surface area (Å²) in [6, 6.07) is 0. The lowest BCUT2D eigenvalue weighted by atomic mass is 9.91. The molecule has 0 spiro atoms. The molecule has 0 fully saturated rings. The summed E-state index contributed by atoms with van der Waals surface area (Å²) in [7, 11) is 0. The molecule has 0 heterocycles. The molecule has 11 heavy (non-hydrogen) atoms. The Balaban J connectivity index is 2.97. The van der Waals surface area contributed by atoms with Crippen molar-refractivity contribution in [3.8, 4) is 0 Å². The Morgan fingerprint density at radius 2 is 2.45 bits per heavy atom. The first-order valence-electron chi connectivity index (χ1n) is 3.20. The molecule has 2 atom stereocenters. The van der Waals surface area contributed by atoms with Crippen LogP contribution in [0.2, 0.25) is 0 Å². The van der Waals surface area contributed by atoms with Crippen molar-refractivity contribution in [1.82, 2.24) is 0 Å². The molecule has 0 N–H and O–H groups in total. The van der Waals surface area contributed by atoms with Crippen LogP contribution in [0.25, 0.3) is 0 Å². The summed E-state index contributed by atoms with van der Waals surface area (Å²) in [5, 5.41) is 0.633. The highest BCUT2D eigenvalue weighted by Gasteiger charge is 2.34. The first-order valence-corrected chi connectivity index (χ1v) is 4.37. The van der Waals surface area contributed by atoms with E-state index in [1.807, 2.05) is 13.2 Å². The first-order chi connectivity index (χ1) is 5.09. The third-order valence-corrected chi connectivity index (χ3v) is 3.39. The fourth-order valence-electron chi connectivity index (χ4n) is 0.893. The summed E-state index contributed by atoms with van der Waals surface area (Å²) < 4.78 is -0.467. The van der Waals surface area contributed by atoms with Crippen LogP contribution in [0.4, 0.5) is 0 Å². The maximum atomic E-state index is 10.4. The van der Waals surface area contributed by atoms with Gasteiger partial charge in [-0.1, -0.05) is 39.7 Å². The van der Waals surface area contributed by atoms with E-state index in [1.165, 1.54) is 0 Å². The molecule has 0 amide bonds. The summed E-state index contributed by atoms with van der Waals surface area (Å²) in [6.45, 7) is 1.85. The fraction of sp³-hybridized carbons (Fsp3) is 0.375. The van der Waals surface area contributed by atoms with Gasteiger partial charge in [0.2, 0.25) is 6.29 Å². The van der Waals surface area contributed by atoms with E-state index >= 15 is 0 Å². The molecule has 1 aliphatic carbocycles. The van der Waals surface area contributed by atoms with E-state index in [0.29, 0.717) is 5.03 Å². The van der Waals surface area contributed by atoms with Gasteiger partial charge in [0.05, 0.1) is 10.2 Å². The molecule has 0 saturated carbocycles. The Morgan fingerprint density at radius 3 is 2.91 bits per heavy atom. The van der Waals surface area contributed by atoms with E-state index in [1.54, 1.807) is 18.2 Å². The molecule has 0 bridgehead atoms. The van der Waals surface area contributed by atoms with Gasteiger partial charge in [0.15, 0.2) is 0 Å². The second-order valence-corrected chi connectivity index (χ2v) is 4.63. The predicted molar refractivity (Wildman–Crippen MR) is 49.6 cm³/mol. The molecular formula is C8H7BrClO. The number of halogens is 2. The zero-order chi connectivity index (χ0) is 8.48. The number of allylic oxidation sites excluding steroid dienone is 4. The smallest absolute Gasteiger partial charge is 0.207 e. The zero-order valence-electron chi connectivity index (χ0n) is 5.97. The van der Waals surface area contributed by atoms with Gasteiger partial charge in [0.1, 0.15) is 0 Å². The Labute approximate surface area is 79.2 Å². The van der Waals surface area contributed by atoms with Gasteiger partial charge in [-0.3, -0.25) is 4.79 Å². The van der Waals surface area contributed by atoms with Crippen LogP contribution in [-0.4, -0.2) is 10.6 Å². The largest absolute Gasteiger partial charge is 0.290 e. The molecule has 1 aliphatic rings. The predicted octanol–water partition coefficient (Wildman–Crippen LogP) is 2.56. The van der Waals surface area contributed by atoms with Crippen molar-refractivity contribution in [2.45, 2.75) is 11.2 Å². The standard InChI is InChI=1S/C8H7BrClO/c1-8(9)6(5-11)3-2-4-7(8)10/h2-4,6H,1H3. The first kappa shape index (κ1) is 9.01. The van der Waals surface area contributed by atoms with Crippen LogP contribution in [0.5, 0.6) is 0 Å². The summed E-state index contributed by atoms with van der Waals surface area (Å²) in [5.74, 6) is -0.292. The molecule has 2 unspecified atom stereocenters. The highest BCUT2D eigenvalue weighted by atomic mass is 79.9. The molecule has 0 saturated heterocycles. The Morgan fingerprint density at radius 1 is 1.82 bits per heavy atom. The molecule has 1 radical (unpaired) electrons. The summed E-state index contributed by atoms with van der Waals surface area (Å²) in [4.78, 5) is 10.4. The Bertz CT molecular complexity index is 230. The van der Waals surface area contributed by atoms with Crippen LogP contribution < -0.4 is 0 Å². The minimum Gasteiger partial charge on any atom is -0.290 e. The molecule has 3 heteroatoms. The van der Waals surface area contributed by atoms with Crippen LogP contribution in [0.1, 0.15) is 6.92 Å². The van der Waals surface area contributed by atoms with Crippen molar-refractivity contribution in [3.63, 3.8) is 0 Å². The molecule has 0 aromatic rings. The lowest BCUT2D eigenvalue weighted by Crippen LogP contribution is -2.29. The number of hydrogen-bond donors (Lipinski definition) is 0. The van der Waals surface area contributed by atoms with Gasteiger partial charge in [-0.25, -0.2) is 0 Å². The molecule has 0 aromatic heterocycles. The number of rotatable bonds is 1. The Hall–Kier alpha value is -0.0800. The minimum absolute atomic E-state index is 0.292. The molecule has 0 aliphatic heterocycles. The number of hydrogen-bond acceptors (Lipinski definition) is 1. The van der Waals surface area contributed by atoms with Crippen LogP contribution in [0, 0.1) is 5.92 Å². The van der Waals surface area contributed by atoms with Crippen LogP contribution in [0.3, 0.4) is 0 Å². The molecular weight excluding hydrogens is 227 g/mol. The third kappa shape index (κ3) is 1.57. The van der Waals surface area contributed by atoms with Crippen molar-refractivity contribution < 1.29 is 4.79 Å². The van der Waals surface area contributed by atoms with Crippen molar-refractivity contribution in [2.75, 3.05) is 0 Å². The van der Waals surface area contributed by atoms with Gasteiger partial charge < -0.3 is 0 Å². The quantitative estimate of drug-likeness (QED) is 0.637. The van der Waals surface area contributed by atoms with E-state index in [4.69, 9.17) is 11.6 Å². The Kier molecular flexibility index (Phi) is 2.55. The maximum Gasteiger partial charge on any atom is 0.207 e. The van der Waals surface area contributed by atoms with Gasteiger partial charge in [0.25, 0.3) is 0 Å². The molecule has 1 nitrogen and oxygen atoms in total. The van der Waals surface area contributed by atoms with Crippen LogP contribution >= 0.6 is 27.5 Å². The molecule has 0 aromatic carbocycles. The topological polar surface area (TPSA) is 17.1 Å². The van der Waals surface area contributed by atoms with Gasteiger partial charge in [-0.05, 0) is 13.0 Å². The van der Waals surface area contributed by atoms with Gasteiger partial charge in [-0.15, -0.1) is 0 Å². The van der Waals surface area contributed by atoms with Crippen molar-refractivity contribution in [3.05, 3.63) is 23.3 Å². The maximum absolute atomic E-state index is 10.4. The van der Waals surface area contributed by atoms with E-state index in [9.17, 15) is 4.79 Å². The van der Waals surface area contributed by atoms with Crippen LogP contribution in [-0.2, 0) is 4.79 Å².